The molecule has 30 heavy (non-hydrogen) atoms. The molecule has 0 N–H and O–H groups in total. The van der Waals surface area contributed by atoms with Gasteiger partial charge in [-0.15, -0.1) is 0 Å². The van der Waals surface area contributed by atoms with Gasteiger partial charge in [0.15, 0.2) is 0 Å². The van der Waals surface area contributed by atoms with Crippen molar-refractivity contribution in [1.82, 2.24) is 0 Å². The van der Waals surface area contributed by atoms with Crippen LogP contribution in [0.3, 0.4) is 0 Å². The van der Waals surface area contributed by atoms with Crippen molar-refractivity contribution in [1.29, 1.82) is 0 Å². The number of hydrogen-bond acceptors (Lipinski definition) is 0. The van der Waals surface area contributed by atoms with Crippen molar-refractivity contribution in [2.24, 2.45) is 0 Å². The van der Waals surface area contributed by atoms with Crippen molar-refractivity contribution in [3.8, 4) is 0 Å². The van der Waals surface area contributed by atoms with E-state index in [1.807, 2.05) is 0 Å². The Bertz CT molecular complexity index is 1110. The van der Waals surface area contributed by atoms with Crippen LogP contribution in [0.25, 0.3) is 10.4 Å². The van der Waals surface area contributed by atoms with Crippen LogP contribution in [0.15, 0.2) is 35.4 Å². The standard InChI is InChI=1S/C26H30Si.2CH3.Zr/c1-15-9-17(3)23-21(11-15)13-19(5)25(23)27(7,8)26-20(6)14-22-12-16(2)10-18(4)24(22)26;;;/h9-14H,1-8H3;2*1H3;. The Morgan fingerprint density at radius 1 is 0.633 bits per heavy atom. The Hall–Kier alpha value is -0.980. The Labute approximate surface area is 188 Å². The summed E-state index contributed by atoms with van der Waals surface area (Å²) in [5.41, 5.74) is 16.1. The molecule has 0 saturated heterocycles. The van der Waals surface area contributed by atoms with E-state index in [2.05, 4.69) is 88.2 Å². The van der Waals surface area contributed by atoms with Gasteiger partial charge in [0, 0.05) is 0 Å². The molecule has 2 unspecified atom stereocenters. The molecule has 1 heterocycles. The van der Waals surface area contributed by atoms with Crippen molar-refractivity contribution in [3.63, 3.8) is 0 Å². The number of fused-ring (bicyclic) bond motifs is 8. The number of aryl methyl sites for hydroxylation is 4. The molecule has 0 nitrogen and oxygen atoms in total. The molecule has 156 valence electrons. The molecule has 5 rings (SSSR count). The van der Waals surface area contributed by atoms with Crippen molar-refractivity contribution in [2.45, 2.75) is 71.2 Å². The summed E-state index contributed by atoms with van der Waals surface area (Å²) >= 11 is -2.68. The van der Waals surface area contributed by atoms with Gasteiger partial charge in [0.2, 0.25) is 0 Å². The van der Waals surface area contributed by atoms with Crippen LogP contribution in [-0.2, 0) is 20.3 Å². The fourth-order valence-corrected chi connectivity index (χ4v) is 25.3. The first kappa shape index (κ1) is 20.9. The molecule has 2 aliphatic carbocycles. The first-order valence-electron chi connectivity index (χ1n) is 11.5. The molecule has 2 heteroatoms. The molecule has 0 saturated carbocycles. The van der Waals surface area contributed by atoms with Gasteiger partial charge >= 0.3 is 190 Å². The number of rotatable bonds is 0. The van der Waals surface area contributed by atoms with Crippen LogP contribution in [0.4, 0.5) is 0 Å². The zero-order chi connectivity index (χ0) is 21.9. The molecule has 0 fully saturated rings. The molecule has 2 atom stereocenters. The monoisotopic (exact) mass is 490 g/mol. The van der Waals surface area contributed by atoms with Crippen LogP contribution in [-0.4, -0.2) is 8.07 Å². The van der Waals surface area contributed by atoms with Gasteiger partial charge in [0.25, 0.3) is 0 Å². The third kappa shape index (κ3) is 2.42. The normalized spacial score (nSPS) is 25.3. The molecule has 4 bridgehead atoms. The maximum atomic E-state index is 2.76. The minimum atomic E-state index is -2.68. The van der Waals surface area contributed by atoms with E-state index < -0.39 is 28.3 Å². The van der Waals surface area contributed by atoms with E-state index in [9.17, 15) is 0 Å². The van der Waals surface area contributed by atoms with Gasteiger partial charge in [-0.05, 0) is 0 Å². The predicted molar refractivity (Wildman–Crippen MR) is 132 cm³/mol. The van der Waals surface area contributed by atoms with Crippen LogP contribution in [0.2, 0.25) is 22.4 Å². The van der Waals surface area contributed by atoms with E-state index in [1.54, 1.807) is 43.8 Å². The summed E-state index contributed by atoms with van der Waals surface area (Å²) < 4.78 is 6.93. The van der Waals surface area contributed by atoms with Crippen LogP contribution >= 0.6 is 0 Å². The Balaban J connectivity index is 1.95. The molecule has 1 aliphatic heterocycles. The summed E-state index contributed by atoms with van der Waals surface area (Å²) in [6.45, 7) is 19.7. The number of benzene rings is 2. The molecule has 0 spiro atoms. The maximum absolute atomic E-state index is 2.76. The van der Waals surface area contributed by atoms with Gasteiger partial charge in [-0.3, -0.25) is 0 Å². The molecule has 2 aromatic rings. The quantitative estimate of drug-likeness (QED) is 0.325. The Morgan fingerprint density at radius 2 is 1.00 bits per heavy atom. The second kappa shape index (κ2) is 6.29. The zero-order valence-electron chi connectivity index (χ0n) is 20.5. The summed E-state index contributed by atoms with van der Waals surface area (Å²) in [6, 6.07) is 9.99. The van der Waals surface area contributed by atoms with Crippen molar-refractivity contribution >= 4 is 18.5 Å². The summed E-state index contributed by atoms with van der Waals surface area (Å²) in [5.74, 6) is 0. The summed E-state index contributed by atoms with van der Waals surface area (Å²) in [4.78, 5) is 0. The third-order valence-electron chi connectivity index (χ3n) is 8.54. The molecular weight excluding hydrogens is 456 g/mol. The van der Waals surface area contributed by atoms with Crippen LogP contribution < -0.4 is 0 Å². The summed E-state index contributed by atoms with van der Waals surface area (Å²) in [5, 5.41) is 3.57. The van der Waals surface area contributed by atoms with E-state index >= 15 is 0 Å². The molecule has 0 aromatic heterocycles. The average Bonchev–Trinajstić information content (AvgIpc) is 3.07. The van der Waals surface area contributed by atoms with E-state index in [-0.39, 0.29) is 0 Å². The van der Waals surface area contributed by atoms with Gasteiger partial charge in [-0.25, -0.2) is 0 Å². The molecule has 0 radical (unpaired) electrons. The van der Waals surface area contributed by atoms with Crippen LogP contribution in [0, 0.1) is 27.7 Å². The molecular formula is C28H36SiZr. The van der Waals surface area contributed by atoms with Gasteiger partial charge in [0.1, 0.15) is 0 Å². The predicted octanol–water partition coefficient (Wildman–Crippen LogP) is 8.33. The van der Waals surface area contributed by atoms with Gasteiger partial charge in [0.05, 0.1) is 0 Å². The van der Waals surface area contributed by atoms with Crippen molar-refractivity contribution < 1.29 is 20.3 Å². The Kier molecular flexibility index (Phi) is 4.38. The Morgan fingerprint density at radius 3 is 1.37 bits per heavy atom. The fourth-order valence-electron chi connectivity index (χ4n) is 8.11. The van der Waals surface area contributed by atoms with E-state index in [0.29, 0.717) is 7.25 Å². The summed E-state index contributed by atoms with van der Waals surface area (Å²) in [6.07, 6.45) is 0. The summed E-state index contributed by atoms with van der Waals surface area (Å²) in [7, 11) is -1.84. The second-order valence-corrected chi connectivity index (χ2v) is 27.6. The van der Waals surface area contributed by atoms with E-state index in [1.165, 1.54) is 22.3 Å². The third-order valence-corrected chi connectivity index (χ3v) is 23.3. The fraction of sp³-hybridized carbons (Fsp3) is 0.429. The topological polar surface area (TPSA) is 0 Å². The van der Waals surface area contributed by atoms with Crippen molar-refractivity contribution in [2.75, 3.05) is 0 Å². The minimum absolute atomic E-state index is 0.711. The number of hydrogen-bond donors (Lipinski definition) is 0. The molecule has 3 aliphatic rings. The van der Waals surface area contributed by atoms with E-state index in [4.69, 9.17) is 0 Å². The van der Waals surface area contributed by atoms with E-state index in [0.717, 1.165) is 0 Å². The average molecular weight is 492 g/mol. The van der Waals surface area contributed by atoms with Gasteiger partial charge in [-0.2, -0.15) is 0 Å². The SMILES string of the molecule is CC1=C2c3c(C)cc(C)cc3[CH]1[Zr]([CH3])([CH3])[CH]1C(C)=C(c3c(C)cc(C)cc31)[Si]2(C)C. The van der Waals surface area contributed by atoms with Crippen LogP contribution in [0.5, 0.6) is 0 Å². The van der Waals surface area contributed by atoms with Gasteiger partial charge < -0.3 is 0 Å². The first-order chi connectivity index (χ1) is 13.9. The molecule has 0 amide bonds. The second-order valence-electron chi connectivity index (χ2n) is 11.5. The van der Waals surface area contributed by atoms with Crippen molar-refractivity contribution in [3.05, 3.63) is 79.9 Å². The van der Waals surface area contributed by atoms with Crippen LogP contribution in [0.1, 0.15) is 65.6 Å². The zero-order valence-corrected chi connectivity index (χ0v) is 23.9. The number of allylic oxidation sites excluding steroid dienone is 2. The van der Waals surface area contributed by atoms with Gasteiger partial charge in [-0.1, -0.05) is 0 Å². The molecule has 2 aromatic carbocycles. The first-order valence-corrected chi connectivity index (χ1v) is 22.3.